The van der Waals surface area contributed by atoms with Crippen molar-refractivity contribution in [1.29, 1.82) is 0 Å². The van der Waals surface area contributed by atoms with Gasteiger partial charge in [0, 0.05) is 17.8 Å². The second kappa shape index (κ2) is 6.95. The molecule has 3 nitrogen and oxygen atoms in total. The first-order valence-electron chi connectivity index (χ1n) is 8.39. The molecule has 4 heteroatoms. The van der Waals surface area contributed by atoms with E-state index in [-0.39, 0.29) is 0 Å². The number of rotatable bonds is 5. The quantitative estimate of drug-likeness (QED) is 0.456. The second-order valence-electron chi connectivity index (χ2n) is 5.77. The van der Waals surface area contributed by atoms with Gasteiger partial charge >= 0.3 is 0 Å². The first kappa shape index (κ1) is 15.7. The third-order valence-corrected chi connectivity index (χ3v) is 5.07. The van der Waals surface area contributed by atoms with Crippen molar-refractivity contribution in [3.05, 3.63) is 72.8 Å². The molecular formula is C21H19N3S. The minimum atomic E-state index is 0.868. The Labute approximate surface area is 151 Å². The van der Waals surface area contributed by atoms with Crippen LogP contribution in [0.2, 0.25) is 0 Å². The number of hydrogen-bond acceptors (Lipinski definition) is 4. The van der Waals surface area contributed by atoms with E-state index in [1.807, 2.05) is 24.3 Å². The minimum absolute atomic E-state index is 0.868. The van der Waals surface area contributed by atoms with Crippen molar-refractivity contribution in [3.63, 3.8) is 0 Å². The normalized spacial score (nSPS) is 10.8. The van der Waals surface area contributed by atoms with Crippen LogP contribution in [0.3, 0.4) is 0 Å². The Morgan fingerprint density at radius 3 is 2.48 bits per heavy atom. The zero-order valence-electron chi connectivity index (χ0n) is 14.0. The third kappa shape index (κ3) is 3.35. The molecule has 0 radical (unpaired) electrons. The summed E-state index contributed by atoms with van der Waals surface area (Å²) >= 11 is 1.73. The van der Waals surface area contributed by atoms with Crippen molar-refractivity contribution in [2.45, 2.75) is 6.92 Å². The summed E-state index contributed by atoms with van der Waals surface area (Å²) in [5.41, 5.74) is 5.42. The molecule has 0 amide bonds. The fraction of sp³-hybridized carbons (Fsp3) is 0.0952. The number of hydrogen-bond donors (Lipinski definition) is 2. The molecule has 0 unspecified atom stereocenters. The molecule has 0 saturated heterocycles. The molecule has 4 aromatic rings. The number of anilines is 3. The molecule has 4 rings (SSSR count). The van der Waals surface area contributed by atoms with Gasteiger partial charge in [-0.1, -0.05) is 30.3 Å². The monoisotopic (exact) mass is 345 g/mol. The van der Waals surface area contributed by atoms with Crippen LogP contribution >= 0.6 is 11.3 Å². The van der Waals surface area contributed by atoms with E-state index >= 15 is 0 Å². The number of benzene rings is 3. The van der Waals surface area contributed by atoms with Crippen LogP contribution in [0.1, 0.15) is 6.92 Å². The van der Waals surface area contributed by atoms with Crippen LogP contribution < -0.4 is 10.6 Å². The van der Waals surface area contributed by atoms with Crippen LogP contribution in [0.5, 0.6) is 0 Å². The molecule has 0 aliphatic carbocycles. The average molecular weight is 345 g/mol. The van der Waals surface area contributed by atoms with Crippen molar-refractivity contribution in [3.8, 4) is 10.6 Å². The van der Waals surface area contributed by atoms with Gasteiger partial charge in [0.15, 0.2) is 0 Å². The van der Waals surface area contributed by atoms with Gasteiger partial charge in [-0.05, 0) is 49.4 Å². The van der Waals surface area contributed by atoms with Crippen LogP contribution in [0.15, 0.2) is 72.8 Å². The van der Waals surface area contributed by atoms with Gasteiger partial charge in [0.25, 0.3) is 0 Å². The van der Waals surface area contributed by atoms with Crippen molar-refractivity contribution in [1.82, 2.24) is 4.98 Å². The van der Waals surface area contributed by atoms with E-state index in [1.165, 1.54) is 4.70 Å². The Morgan fingerprint density at radius 2 is 1.68 bits per heavy atom. The lowest BCUT2D eigenvalue weighted by molar-refractivity contribution is 1.21. The van der Waals surface area contributed by atoms with Gasteiger partial charge in [0.1, 0.15) is 5.01 Å². The maximum absolute atomic E-state index is 4.77. The largest absolute Gasteiger partial charge is 0.384 e. The van der Waals surface area contributed by atoms with E-state index in [9.17, 15) is 0 Å². The minimum Gasteiger partial charge on any atom is -0.384 e. The topological polar surface area (TPSA) is 37.0 Å². The molecular weight excluding hydrogens is 326 g/mol. The van der Waals surface area contributed by atoms with E-state index in [0.29, 0.717) is 0 Å². The highest BCUT2D eigenvalue weighted by Gasteiger charge is 2.09. The summed E-state index contributed by atoms with van der Waals surface area (Å²) < 4.78 is 1.22. The number of nitrogens with one attached hydrogen (secondary N) is 2. The highest BCUT2D eigenvalue weighted by atomic mass is 32.1. The standard InChI is InChI=1S/C21H19N3S/c1-2-22-19-14-15(21-24-18-10-6-7-11-20(18)25-21)12-13-17(19)23-16-8-4-3-5-9-16/h3-14,22-23H,2H2,1H3. The summed E-state index contributed by atoms with van der Waals surface area (Å²) in [6.07, 6.45) is 0. The Morgan fingerprint density at radius 1 is 0.880 bits per heavy atom. The fourth-order valence-electron chi connectivity index (χ4n) is 2.80. The van der Waals surface area contributed by atoms with Crippen molar-refractivity contribution in [2.75, 3.05) is 17.2 Å². The lowest BCUT2D eigenvalue weighted by atomic mass is 10.1. The van der Waals surface area contributed by atoms with Gasteiger partial charge in [-0.15, -0.1) is 11.3 Å². The molecule has 3 aromatic carbocycles. The summed E-state index contributed by atoms with van der Waals surface area (Å²) in [5, 5.41) is 7.99. The van der Waals surface area contributed by atoms with Gasteiger partial charge in [-0.2, -0.15) is 0 Å². The van der Waals surface area contributed by atoms with Crippen LogP contribution in [-0.4, -0.2) is 11.5 Å². The number of para-hydroxylation sites is 2. The Bertz CT molecular complexity index is 959. The zero-order valence-corrected chi connectivity index (χ0v) is 14.8. The molecule has 0 bridgehead atoms. The number of thiazole rings is 1. The molecule has 1 aromatic heterocycles. The van der Waals surface area contributed by atoms with Crippen LogP contribution in [0.25, 0.3) is 20.8 Å². The first-order valence-corrected chi connectivity index (χ1v) is 9.21. The Balaban J connectivity index is 1.71. The molecule has 124 valence electrons. The van der Waals surface area contributed by atoms with Crippen LogP contribution in [0, 0.1) is 0 Å². The predicted octanol–water partition coefficient (Wildman–Crippen LogP) is 6.14. The van der Waals surface area contributed by atoms with Crippen LogP contribution in [-0.2, 0) is 0 Å². The maximum Gasteiger partial charge on any atom is 0.124 e. The summed E-state index contributed by atoms with van der Waals surface area (Å²) in [6, 6.07) is 24.9. The molecule has 0 spiro atoms. The van der Waals surface area contributed by atoms with E-state index < -0.39 is 0 Å². The fourth-order valence-corrected chi connectivity index (χ4v) is 3.76. The zero-order chi connectivity index (χ0) is 17.1. The van der Waals surface area contributed by atoms with Crippen LogP contribution in [0.4, 0.5) is 17.1 Å². The van der Waals surface area contributed by atoms with E-state index in [2.05, 4.69) is 66.1 Å². The summed E-state index contributed by atoms with van der Waals surface area (Å²) in [6.45, 7) is 2.98. The van der Waals surface area contributed by atoms with Crippen molar-refractivity contribution in [2.24, 2.45) is 0 Å². The predicted molar refractivity (Wildman–Crippen MR) is 109 cm³/mol. The molecule has 25 heavy (non-hydrogen) atoms. The van der Waals surface area contributed by atoms with Gasteiger partial charge < -0.3 is 10.6 Å². The van der Waals surface area contributed by atoms with E-state index in [1.54, 1.807) is 11.3 Å². The highest BCUT2D eigenvalue weighted by molar-refractivity contribution is 7.21. The molecule has 2 N–H and O–H groups in total. The van der Waals surface area contributed by atoms with Gasteiger partial charge in [-0.25, -0.2) is 4.98 Å². The lowest BCUT2D eigenvalue weighted by Crippen LogP contribution is -2.01. The third-order valence-electron chi connectivity index (χ3n) is 3.98. The number of aromatic nitrogens is 1. The van der Waals surface area contributed by atoms with Crippen molar-refractivity contribution < 1.29 is 0 Å². The average Bonchev–Trinajstić information content (AvgIpc) is 3.08. The molecule has 1 heterocycles. The molecule has 0 aliphatic rings. The summed E-state index contributed by atoms with van der Waals surface area (Å²) in [4.78, 5) is 4.77. The second-order valence-corrected chi connectivity index (χ2v) is 6.80. The smallest absolute Gasteiger partial charge is 0.124 e. The maximum atomic E-state index is 4.77. The molecule has 0 aliphatic heterocycles. The van der Waals surface area contributed by atoms with Gasteiger partial charge in [-0.3, -0.25) is 0 Å². The highest BCUT2D eigenvalue weighted by Crippen LogP contribution is 2.34. The Kier molecular flexibility index (Phi) is 4.36. The molecule has 0 fully saturated rings. The van der Waals surface area contributed by atoms with Crippen molar-refractivity contribution >= 4 is 38.6 Å². The van der Waals surface area contributed by atoms with E-state index in [0.717, 1.165) is 39.7 Å². The van der Waals surface area contributed by atoms with Gasteiger partial charge in [0.05, 0.1) is 21.6 Å². The first-order chi connectivity index (χ1) is 12.3. The summed E-state index contributed by atoms with van der Waals surface area (Å²) in [7, 11) is 0. The molecule has 0 atom stereocenters. The van der Waals surface area contributed by atoms with E-state index in [4.69, 9.17) is 4.98 Å². The lowest BCUT2D eigenvalue weighted by Gasteiger charge is -2.14. The molecule has 0 saturated carbocycles. The summed E-state index contributed by atoms with van der Waals surface area (Å²) in [5.74, 6) is 0. The van der Waals surface area contributed by atoms with Gasteiger partial charge in [0.2, 0.25) is 0 Å². The Hall–Kier alpha value is -2.85. The number of fused-ring (bicyclic) bond motifs is 1. The number of nitrogens with zero attached hydrogens (tertiary/aromatic N) is 1. The SMILES string of the molecule is CCNc1cc(-c2nc3ccccc3s2)ccc1Nc1ccccc1.